The molecule has 0 saturated carbocycles. The van der Waals surface area contributed by atoms with Crippen LogP contribution >= 0.6 is 23.2 Å². The normalized spacial score (nSPS) is 12.3. The van der Waals surface area contributed by atoms with Crippen LogP contribution in [0.4, 0.5) is 17.1 Å². The number of aliphatic carboxylic acids is 1. The summed E-state index contributed by atoms with van der Waals surface area (Å²) in [6.45, 7) is 1.96. The van der Waals surface area contributed by atoms with Crippen LogP contribution in [0.5, 0.6) is 0 Å². The molecule has 12 heteroatoms. The first-order valence-corrected chi connectivity index (χ1v) is 13.4. The Bertz CT molecular complexity index is 1640. The number of anilines is 1. The quantitative estimate of drug-likeness (QED) is 0.141. The van der Waals surface area contributed by atoms with E-state index in [0.29, 0.717) is 21.4 Å². The molecule has 4 aromatic rings. The Morgan fingerprint density at radius 2 is 1.07 bits per heavy atom. The zero-order valence-corrected chi connectivity index (χ0v) is 24.0. The number of azo groups is 1. The fourth-order valence-electron chi connectivity index (χ4n) is 3.58. The molecule has 0 aromatic heterocycles. The molecule has 43 heavy (non-hydrogen) atoms. The van der Waals surface area contributed by atoms with Crippen molar-refractivity contribution in [3.05, 3.63) is 124 Å². The van der Waals surface area contributed by atoms with Crippen LogP contribution in [0.25, 0.3) is 0 Å². The number of ether oxygens (including phenoxy) is 2. The van der Waals surface area contributed by atoms with Gasteiger partial charge in [0.15, 0.2) is 0 Å². The van der Waals surface area contributed by atoms with Crippen molar-refractivity contribution >= 4 is 64.1 Å². The number of benzene rings is 4. The monoisotopic (exact) mass is 619 g/mol. The number of nitrogens with zero attached hydrogens (tertiary/aromatic N) is 2. The number of carboxylic acids is 1. The van der Waals surface area contributed by atoms with Crippen molar-refractivity contribution in [2.75, 3.05) is 5.32 Å². The minimum Gasteiger partial charge on any atom is -0.478 e. The molecule has 0 fully saturated rings. The molecule has 0 radical (unpaired) electrons. The number of nitrogens with one attached hydrogen (secondary N) is 1. The van der Waals surface area contributed by atoms with E-state index in [1.807, 2.05) is 31.2 Å². The van der Waals surface area contributed by atoms with Crippen LogP contribution < -0.4 is 5.32 Å². The van der Waals surface area contributed by atoms with Crippen molar-refractivity contribution in [2.45, 2.75) is 19.1 Å². The van der Waals surface area contributed by atoms with E-state index in [4.69, 9.17) is 32.7 Å². The summed E-state index contributed by atoms with van der Waals surface area (Å²) in [4.78, 5) is 51.2. The SMILES string of the molecule is Cc1ccc(N=Nc2ccc(NC(=O)[C@@H](OC(=O)c3ccc(Cl)cc3)[C@H](OC(=O)c3ccc(Cl)cc3)C(=O)O)cc2)cc1. The summed E-state index contributed by atoms with van der Waals surface area (Å²) < 4.78 is 10.4. The molecule has 0 aliphatic carbocycles. The predicted octanol–water partition coefficient (Wildman–Crippen LogP) is 7.19. The van der Waals surface area contributed by atoms with Gasteiger partial charge in [-0.3, -0.25) is 4.79 Å². The third kappa shape index (κ3) is 8.71. The highest BCUT2D eigenvalue weighted by molar-refractivity contribution is 6.31. The molecule has 1 amide bonds. The van der Waals surface area contributed by atoms with Crippen molar-refractivity contribution in [3.63, 3.8) is 0 Å². The Morgan fingerprint density at radius 3 is 1.51 bits per heavy atom. The lowest BCUT2D eigenvalue weighted by Crippen LogP contribution is -2.48. The van der Waals surface area contributed by atoms with Gasteiger partial charge in [-0.2, -0.15) is 10.2 Å². The fraction of sp³-hybridized carbons (Fsp3) is 0.0968. The lowest BCUT2D eigenvalue weighted by molar-refractivity contribution is -0.157. The van der Waals surface area contributed by atoms with Crippen LogP contribution in [0, 0.1) is 6.92 Å². The van der Waals surface area contributed by atoms with Crippen LogP contribution in [-0.4, -0.2) is 41.1 Å². The summed E-state index contributed by atoms with van der Waals surface area (Å²) in [7, 11) is 0. The molecule has 218 valence electrons. The van der Waals surface area contributed by atoms with E-state index >= 15 is 0 Å². The number of hydrogen-bond acceptors (Lipinski definition) is 8. The molecule has 0 bridgehead atoms. The maximum absolute atomic E-state index is 13.3. The topological polar surface area (TPSA) is 144 Å². The third-order valence-corrected chi connectivity index (χ3v) is 6.36. The van der Waals surface area contributed by atoms with E-state index in [9.17, 15) is 24.3 Å². The molecular weight excluding hydrogens is 597 g/mol. The van der Waals surface area contributed by atoms with Gasteiger partial charge in [0.1, 0.15) is 0 Å². The van der Waals surface area contributed by atoms with Gasteiger partial charge in [0.05, 0.1) is 22.5 Å². The van der Waals surface area contributed by atoms with Crippen LogP contribution in [0.1, 0.15) is 26.3 Å². The smallest absolute Gasteiger partial charge is 0.349 e. The van der Waals surface area contributed by atoms with Gasteiger partial charge < -0.3 is 19.9 Å². The second-order valence-electron chi connectivity index (χ2n) is 9.08. The molecule has 2 N–H and O–H groups in total. The maximum atomic E-state index is 13.3. The Hall–Kier alpha value is -5.06. The van der Waals surface area contributed by atoms with Gasteiger partial charge in [0, 0.05) is 15.7 Å². The van der Waals surface area contributed by atoms with Crippen molar-refractivity contribution < 1.29 is 33.8 Å². The van der Waals surface area contributed by atoms with Crippen molar-refractivity contribution in [1.29, 1.82) is 0 Å². The largest absolute Gasteiger partial charge is 0.478 e. The van der Waals surface area contributed by atoms with Gasteiger partial charge in [0.2, 0.25) is 12.2 Å². The molecule has 0 saturated heterocycles. The highest BCUT2D eigenvalue weighted by atomic mass is 35.5. The summed E-state index contributed by atoms with van der Waals surface area (Å²) in [5, 5.41) is 21.4. The van der Waals surface area contributed by atoms with Crippen LogP contribution in [0.3, 0.4) is 0 Å². The van der Waals surface area contributed by atoms with Gasteiger partial charge >= 0.3 is 17.9 Å². The molecule has 0 spiro atoms. The second-order valence-corrected chi connectivity index (χ2v) is 9.95. The maximum Gasteiger partial charge on any atom is 0.349 e. The molecule has 4 aromatic carbocycles. The molecule has 0 aliphatic heterocycles. The summed E-state index contributed by atoms with van der Waals surface area (Å²) in [5.41, 5.74) is 2.39. The Balaban J connectivity index is 1.55. The van der Waals surface area contributed by atoms with Gasteiger partial charge in [-0.25, -0.2) is 14.4 Å². The number of esters is 2. The minimum absolute atomic E-state index is 0.0151. The van der Waals surface area contributed by atoms with Crippen LogP contribution in [0.2, 0.25) is 10.0 Å². The van der Waals surface area contributed by atoms with E-state index in [0.717, 1.165) is 5.56 Å². The highest BCUT2D eigenvalue weighted by Crippen LogP contribution is 2.22. The number of hydrogen-bond donors (Lipinski definition) is 2. The third-order valence-electron chi connectivity index (χ3n) is 5.85. The van der Waals surface area contributed by atoms with Crippen LogP contribution in [0.15, 0.2) is 107 Å². The zero-order chi connectivity index (χ0) is 30.9. The Morgan fingerprint density at radius 1 is 0.651 bits per heavy atom. The van der Waals surface area contributed by atoms with Gasteiger partial charge in [-0.15, -0.1) is 0 Å². The van der Waals surface area contributed by atoms with Crippen LogP contribution in [-0.2, 0) is 19.1 Å². The number of carbonyl (C=O) groups excluding carboxylic acids is 3. The number of carboxylic acid groups (broad SMARTS) is 1. The van der Waals surface area contributed by atoms with Gasteiger partial charge in [-0.1, -0.05) is 40.9 Å². The first-order valence-electron chi connectivity index (χ1n) is 12.6. The molecule has 0 heterocycles. The highest BCUT2D eigenvalue weighted by Gasteiger charge is 2.41. The minimum atomic E-state index is -2.21. The van der Waals surface area contributed by atoms with E-state index in [1.165, 1.54) is 60.7 Å². The molecule has 0 unspecified atom stereocenters. The zero-order valence-electron chi connectivity index (χ0n) is 22.4. The summed E-state index contributed by atoms with van der Waals surface area (Å²) >= 11 is 11.7. The molecule has 2 atom stereocenters. The summed E-state index contributed by atoms with van der Waals surface area (Å²) in [6, 6.07) is 24.5. The second kappa shape index (κ2) is 14.2. The average molecular weight is 620 g/mol. The fourth-order valence-corrected chi connectivity index (χ4v) is 3.84. The van der Waals surface area contributed by atoms with Crippen molar-refractivity contribution in [1.82, 2.24) is 0 Å². The van der Waals surface area contributed by atoms with Crippen molar-refractivity contribution in [2.24, 2.45) is 10.2 Å². The number of carbonyl (C=O) groups is 4. The molecule has 4 rings (SSSR count). The molecular formula is C31H23Cl2N3O7. The predicted molar refractivity (Wildman–Crippen MR) is 159 cm³/mol. The first-order chi connectivity index (χ1) is 20.6. The Kier molecular flexibility index (Phi) is 10.2. The average Bonchev–Trinajstić information content (AvgIpc) is 2.99. The van der Waals surface area contributed by atoms with E-state index in [2.05, 4.69) is 15.5 Å². The van der Waals surface area contributed by atoms with E-state index < -0.39 is 36.0 Å². The molecule has 10 nitrogen and oxygen atoms in total. The number of halogens is 2. The number of aryl methyl sites for hydroxylation is 1. The van der Waals surface area contributed by atoms with E-state index in [1.54, 1.807) is 12.1 Å². The first kappa shape index (κ1) is 30.9. The van der Waals surface area contributed by atoms with Crippen molar-refractivity contribution in [3.8, 4) is 0 Å². The Labute approximate surface area is 255 Å². The molecule has 0 aliphatic rings. The number of rotatable bonds is 10. The lowest BCUT2D eigenvalue weighted by Gasteiger charge is -2.23. The number of amides is 1. The van der Waals surface area contributed by atoms with E-state index in [-0.39, 0.29) is 16.8 Å². The van der Waals surface area contributed by atoms with Gasteiger partial charge in [0.25, 0.3) is 5.91 Å². The lowest BCUT2D eigenvalue weighted by atomic mass is 10.1. The summed E-state index contributed by atoms with van der Waals surface area (Å²) in [6.07, 6.45) is -4.29. The standard InChI is InChI=1S/C31H23Cl2N3O7/c1-18-2-12-24(13-3-18)35-36-25-16-14-23(15-17-25)34-28(37)26(42-30(40)19-4-8-21(32)9-5-19)27(29(38)39)43-31(41)20-6-10-22(33)11-7-20/h2-17,26-27H,1H3,(H,34,37)(H,38,39)/t26-,27-/m0/s1. The van der Waals surface area contributed by atoms with Gasteiger partial charge in [-0.05, 0) is 91.9 Å². The summed E-state index contributed by atoms with van der Waals surface area (Å²) in [5.74, 6) is -4.91.